The van der Waals surface area contributed by atoms with Gasteiger partial charge in [-0.25, -0.2) is 26.7 Å². The van der Waals surface area contributed by atoms with Crippen LogP contribution in [0.25, 0.3) is 10.4 Å². The van der Waals surface area contributed by atoms with Crippen LogP contribution in [-0.2, 0) is 21.8 Å². The third-order valence-electron chi connectivity index (χ3n) is 5.66. The van der Waals surface area contributed by atoms with Gasteiger partial charge >= 0.3 is 6.09 Å². The molecule has 2 aromatic rings. The predicted octanol–water partition coefficient (Wildman–Crippen LogP) is 2.91. The Balaban J connectivity index is 1.84. The van der Waals surface area contributed by atoms with E-state index in [1.807, 2.05) is 0 Å². The van der Waals surface area contributed by atoms with Crippen LogP contribution in [-0.4, -0.2) is 62.2 Å². The van der Waals surface area contributed by atoms with Crippen LogP contribution in [0.15, 0.2) is 34.4 Å². The topological polar surface area (TPSA) is 158 Å². The molecule has 36 heavy (non-hydrogen) atoms. The molecule has 0 radical (unpaired) electrons. The quantitative estimate of drug-likeness (QED) is 0.308. The average molecular weight is 526 g/mol. The summed E-state index contributed by atoms with van der Waals surface area (Å²) < 4.78 is 63.2. The predicted molar refractivity (Wildman–Crippen MR) is 125 cm³/mol. The molecule has 1 saturated heterocycles. The summed E-state index contributed by atoms with van der Waals surface area (Å²) in [6.07, 6.45) is 0.286. The Hall–Kier alpha value is -3.68. The monoisotopic (exact) mass is 525 g/mol. The maximum Gasteiger partial charge on any atom is 0.409 e. The van der Waals surface area contributed by atoms with Gasteiger partial charge in [0.05, 0.1) is 6.61 Å². The second-order valence-electron chi connectivity index (χ2n) is 8.19. The van der Waals surface area contributed by atoms with Gasteiger partial charge in [-0.1, -0.05) is 5.11 Å². The summed E-state index contributed by atoms with van der Waals surface area (Å²) >= 11 is 0. The smallest absolute Gasteiger partial charge is 0.409 e. The van der Waals surface area contributed by atoms with Crippen molar-refractivity contribution in [3.8, 4) is 0 Å². The molecular formula is C21H25F2N7O5S. The van der Waals surface area contributed by atoms with Crippen molar-refractivity contribution in [3.63, 3.8) is 0 Å². The van der Waals surface area contributed by atoms with Gasteiger partial charge in [-0.15, -0.1) is 0 Å². The number of carbonyl (C=O) groups excluding carboxylic acids is 2. The molecule has 1 aromatic heterocycles. The van der Waals surface area contributed by atoms with Crippen LogP contribution in [0, 0.1) is 24.5 Å². The first-order valence-electron chi connectivity index (χ1n) is 10.9. The first-order chi connectivity index (χ1) is 17.0. The van der Waals surface area contributed by atoms with Crippen molar-refractivity contribution in [2.45, 2.75) is 24.8 Å². The number of aromatic nitrogens is 1. The molecule has 2 unspecified atom stereocenters. The molecule has 2 N–H and O–H groups in total. The molecule has 0 aliphatic carbocycles. The van der Waals surface area contributed by atoms with Crippen LogP contribution in [0.4, 0.5) is 19.3 Å². The summed E-state index contributed by atoms with van der Waals surface area (Å²) in [5, 5.41) is 5.89. The second-order valence-corrected chi connectivity index (χ2v) is 9.87. The zero-order valence-corrected chi connectivity index (χ0v) is 20.6. The number of hydrogen-bond donors (Lipinski definition) is 2. The zero-order valence-electron chi connectivity index (χ0n) is 19.7. The summed E-state index contributed by atoms with van der Waals surface area (Å²) in [4.78, 5) is 28.0. The number of anilines is 1. The maximum absolute atomic E-state index is 15.3. The summed E-state index contributed by atoms with van der Waals surface area (Å²) in [5.74, 6) is -3.28. The van der Waals surface area contributed by atoms with E-state index in [0.717, 1.165) is 16.8 Å². The minimum absolute atomic E-state index is 0.0626. The highest BCUT2D eigenvalue weighted by atomic mass is 32.2. The Morgan fingerprint density at radius 2 is 2.03 bits per heavy atom. The van der Waals surface area contributed by atoms with Gasteiger partial charge in [0.1, 0.15) is 16.4 Å². The Morgan fingerprint density at radius 3 is 2.67 bits per heavy atom. The minimum Gasteiger partial charge on any atom is -0.450 e. The van der Waals surface area contributed by atoms with Crippen molar-refractivity contribution in [1.82, 2.24) is 14.2 Å². The van der Waals surface area contributed by atoms with Gasteiger partial charge < -0.3 is 19.5 Å². The van der Waals surface area contributed by atoms with Crippen molar-refractivity contribution >= 4 is 27.7 Å². The molecule has 1 fully saturated rings. The van der Waals surface area contributed by atoms with E-state index in [2.05, 4.69) is 20.1 Å². The Labute approximate surface area is 205 Å². The first-order valence-corrected chi connectivity index (χ1v) is 12.3. The highest BCUT2D eigenvalue weighted by molar-refractivity contribution is 7.89. The molecular weight excluding hydrogens is 500 g/mol. The Bertz CT molecular complexity index is 1320. The van der Waals surface area contributed by atoms with E-state index in [1.54, 1.807) is 6.92 Å². The average Bonchev–Trinajstić information content (AvgIpc) is 3.34. The number of nitrogens with one attached hydrogen (secondary N) is 2. The van der Waals surface area contributed by atoms with Crippen LogP contribution in [0.3, 0.4) is 0 Å². The number of rotatable bonds is 8. The van der Waals surface area contributed by atoms with Crippen LogP contribution < -0.4 is 10.0 Å². The zero-order chi connectivity index (χ0) is 26.6. The number of likely N-dealkylation sites (tertiary alicyclic amines) is 1. The van der Waals surface area contributed by atoms with Gasteiger partial charge in [0.2, 0.25) is 10.0 Å². The molecule has 3 rings (SSSR count). The van der Waals surface area contributed by atoms with E-state index in [9.17, 15) is 22.4 Å². The molecule has 1 aliphatic rings. The molecule has 194 valence electrons. The third kappa shape index (κ3) is 5.75. The molecule has 2 amide bonds. The fraction of sp³-hybridized carbons (Fsp3) is 0.429. The molecule has 12 nitrogen and oxygen atoms in total. The summed E-state index contributed by atoms with van der Waals surface area (Å²) in [7, 11) is -3.20. The van der Waals surface area contributed by atoms with Crippen LogP contribution in [0.2, 0.25) is 0 Å². The van der Waals surface area contributed by atoms with Crippen molar-refractivity contribution in [2.75, 3.05) is 31.6 Å². The molecule has 15 heteroatoms. The van der Waals surface area contributed by atoms with Gasteiger partial charge in [-0.2, -0.15) is 0 Å². The lowest BCUT2D eigenvalue weighted by molar-refractivity contribution is 0.101. The van der Waals surface area contributed by atoms with Crippen LogP contribution in [0.1, 0.15) is 23.0 Å². The summed E-state index contributed by atoms with van der Waals surface area (Å²) in [5.41, 5.74) is 8.55. The van der Waals surface area contributed by atoms with Crippen molar-refractivity contribution in [1.29, 1.82) is 0 Å². The number of ether oxygens (including phenoxy) is 1. The van der Waals surface area contributed by atoms with Gasteiger partial charge in [0, 0.05) is 55.4 Å². The number of amides is 2. The number of aryl methyl sites for hydroxylation is 2. The first kappa shape index (κ1) is 26.9. The fourth-order valence-electron chi connectivity index (χ4n) is 3.89. The van der Waals surface area contributed by atoms with E-state index in [1.165, 1.54) is 31.0 Å². The summed E-state index contributed by atoms with van der Waals surface area (Å²) in [6.45, 7) is 3.09. The summed E-state index contributed by atoms with van der Waals surface area (Å²) in [6, 6.07) is 2.88. The standard InChI is InChI=1S/C21H25F2N7O5S/c1-4-35-21(32)30-9-13(8-25-28-24)16(10-30)27-36(33,34)17-11-29(3)19(18(17)23)20(31)26-14-5-6-15(22)12(2)7-14/h5-7,11,13,16,27H,4,8-10H2,1-3H3,(H,26,31). The van der Waals surface area contributed by atoms with E-state index < -0.39 is 56.2 Å². The lowest BCUT2D eigenvalue weighted by Crippen LogP contribution is -2.41. The van der Waals surface area contributed by atoms with Crippen LogP contribution in [0.5, 0.6) is 0 Å². The van der Waals surface area contributed by atoms with E-state index in [-0.39, 0.29) is 37.5 Å². The Morgan fingerprint density at radius 1 is 1.31 bits per heavy atom. The maximum atomic E-state index is 15.3. The molecule has 1 aromatic carbocycles. The van der Waals surface area contributed by atoms with Gasteiger partial charge in [0.25, 0.3) is 5.91 Å². The number of halogens is 2. The molecule has 0 spiro atoms. The molecule has 2 atom stereocenters. The van der Waals surface area contributed by atoms with Crippen LogP contribution >= 0.6 is 0 Å². The number of benzene rings is 1. The SMILES string of the molecule is CCOC(=O)N1CC(CN=[N+]=[N-])C(NS(=O)(=O)c2cn(C)c(C(=O)Nc3ccc(F)c(C)c3)c2F)C1. The molecule has 0 saturated carbocycles. The van der Waals surface area contributed by atoms with Crippen molar-refractivity contribution in [3.05, 3.63) is 57.7 Å². The fourth-order valence-corrected chi connectivity index (χ4v) is 5.31. The normalized spacial score (nSPS) is 17.5. The van der Waals surface area contributed by atoms with E-state index in [4.69, 9.17) is 10.3 Å². The number of carbonyl (C=O) groups is 2. The molecule has 0 bridgehead atoms. The lowest BCUT2D eigenvalue weighted by atomic mass is 10.1. The highest BCUT2D eigenvalue weighted by Crippen LogP contribution is 2.25. The van der Waals surface area contributed by atoms with Crippen molar-refractivity contribution in [2.24, 2.45) is 18.1 Å². The number of hydrogen-bond acceptors (Lipinski definition) is 6. The third-order valence-corrected chi connectivity index (χ3v) is 7.14. The van der Waals surface area contributed by atoms with E-state index in [0.29, 0.717) is 0 Å². The molecule has 1 aliphatic heterocycles. The lowest BCUT2D eigenvalue weighted by Gasteiger charge is -2.17. The second kappa shape index (κ2) is 10.9. The van der Waals surface area contributed by atoms with Crippen molar-refractivity contribution < 1.29 is 31.5 Å². The molecule has 2 heterocycles. The highest BCUT2D eigenvalue weighted by Gasteiger charge is 2.39. The van der Waals surface area contributed by atoms with Gasteiger partial charge in [-0.3, -0.25) is 4.79 Å². The Kier molecular flexibility index (Phi) is 8.17. The largest absolute Gasteiger partial charge is 0.450 e. The number of nitrogens with zero attached hydrogens (tertiary/aromatic N) is 5. The van der Waals surface area contributed by atoms with E-state index >= 15 is 4.39 Å². The van der Waals surface area contributed by atoms with Gasteiger partial charge in [0.15, 0.2) is 5.82 Å². The number of azide groups is 1. The number of sulfonamides is 1. The minimum atomic E-state index is -4.50. The van der Waals surface area contributed by atoms with Gasteiger partial charge in [-0.05, 0) is 43.1 Å².